The van der Waals surface area contributed by atoms with Crippen LogP contribution in [0.3, 0.4) is 0 Å². The molecular weight excluding hydrogens is 360 g/mol. The van der Waals surface area contributed by atoms with Gasteiger partial charge in [0.1, 0.15) is 17.4 Å². The van der Waals surface area contributed by atoms with Gasteiger partial charge in [-0.25, -0.2) is 0 Å². The summed E-state index contributed by atoms with van der Waals surface area (Å²) in [6, 6.07) is 9.23. The Balaban J connectivity index is 1.77. The van der Waals surface area contributed by atoms with Gasteiger partial charge in [0.15, 0.2) is 0 Å². The normalized spacial score (nSPS) is 12.4. The minimum absolute atomic E-state index is 0.00217. The second-order valence-electron chi connectivity index (χ2n) is 6.68. The quantitative estimate of drug-likeness (QED) is 0.390. The maximum absolute atomic E-state index is 11.3. The fraction of sp³-hybridized carbons (Fsp3) is 0.263. The molecule has 0 saturated carbocycles. The molecule has 3 heterocycles. The Labute approximate surface area is 160 Å². The van der Waals surface area contributed by atoms with Gasteiger partial charge in [-0.2, -0.15) is 10.1 Å². The van der Waals surface area contributed by atoms with Gasteiger partial charge in [-0.05, 0) is 39.8 Å². The number of fused-ring (bicyclic) bond motifs is 1. The molecular formula is C19H18N6O3. The fourth-order valence-electron chi connectivity index (χ4n) is 3.41. The van der Waals surface area contributed by atoms with E-state index in [9.17, 15) is 10.1 Å². The Morgan fingerprint density at radius 1 is 1.18 bits per heavy atom. The van der Waals surface area contributed by atoms with E-state index in [0.29, 0.717) is 23.1 Å². The maximum atomic E-state index is 11.3. The average Bonchev–Trinajstić information content (AvgIpc) is 3.25. The predicted molar refractivity (Wildman–Crippen MR) is 102 cm³/mol. The van der Waals surface area contributed by atoms with Crippen molar-refractivity contribution in [3.05, 3.63) is 63.4 Å². The molecule has 1 atom stereocenters. The summed E-state index contributed by atoms with van der Waals surface area (Å²) in [5.74, 6) is 0.772. The van der Waals surface area contributed by atoms with Crippen LogP contribution in [0.4, 0.5) is 5.69 Å². The van der Waals surface area contributed by atoms with Crippen molar-refractivity contribution >= 4 is 16.6 Å². The maximum Gasteiger partial charge on any atom is 0.312 e. The highest BCUT2D eigenvalue weighted by molar-refractivity contribution is 5.92. The molecule has 0 N–H and O–H groups in total. The standard InChI is InChI=1S/C19H18N6O3/c1-10-9-15(14-7-5-6-8-16(14)20-10)18-21-19(28-23-18)13(4)24-12(3)17(25(26)27)11(2)22-24/h5-9,13H,1-4H3/t13-/m0/s1. The molecule has 0 aliphatic rings. The van der Waals surface area contributed by atoms with E-state index in [1.165, 1.54) is 0 Å². The van der Waals surface area contributed by atoms with Gasteiger partial charge < -0.3 is 4.52 Å². The average molecular weight is 378 g/mol. The summed E-state index contributed by atoms with van der Waals surface area (Å²) in [7, 11) is 0. The van der Waals surface area contributed by atoms with E-state index in [1.54, 1.807) is 18.5 Å². The number of aryl methyl sites for hydroxylation is 2. The number of benzene rings is 1. The van der Waals surface area contributed by atoms with Crippen LogP contribution < -0.4 is 0 Å². The predicted octanol–water partition coefficient (Wildman–Crippen LogP) is 3.92. The van der Waals surface area contributed by atoms with E-state index < -0.39 is 11.0 Å². The van der Waals surface area contributed by atoms with Gasteiger partial charge in [0, 0.05) is 16.6 Å². The van der Waals surface area contributed by atoms with Crippen molar-refractivity contribution in [1.82, 2.24) is 24.9 Å². The summed E-state index contributed by atoms with van der Waals surface area (Å²) >= 11 is 0. The van der Waals surface area contributed by atoms with Crippen LogP contribution in [0.25, 0.3) is 22.3 Å². The van der Waals surface area contributed by atoms with E-state index in [4.69, 9.17) is 4.52 Å². The van der Waals surface area contributed by atoms with E-state index in [1.807, 2.05) is 44.2 Å². The highest BCUT2D eigenvalue weighted by Gasteiger charge is 2.27. The zero-order valence-electron chi connectivity index (χ0n) is 15.9. The van der Waals surface area contributed by atoms with Gasteiger partial charge in [0.2, 0.25) is 5.82 Å². The monoisotopic (exact) mass is 378 g/mol. The highest BCUT2D eigenvalue weighted by Crippen LogP contribution is 2.30. The molecule has 28 heavy (non-hydrogen) atoms. The van der Waals surface area contributed by atoms with Crippen molar-refractivity contribution in [2.75, 3.05) is 0 Å². The van der Waals surface area contributed by atoms with E-state index >= 15 is 0 Å². The first-order valence-electron chi connectivity index (χ1n) is 8.77. The third kappa shape index (κ3) is 2.81. The lowest BCUT2D eigenvalue weighted by Crippen LogP contribution is -2.11. The molecule has 0 radical (unpaired) electrons. The first kappa shape index (κ1) is 17.8. The zero-order valence-corrected chi connectivity index (χ0v) is 15.9. The van der Waals surface area contributed by atoms with Gasteiger partial charge in [-0.15, -0.1) is 0 Å². The van der Waals surface area contributed by atoms with Crippen molar-refractivity contribution in [2.45, 2.75) is 33.7 Å². The molecule has 0 aliphatic heterocycles. The molecule has 0 spiro atoms. The summed E-state index contributed by atoms with van der Waals surface area (Å²) in [4.78, 5) is 19.9. The minimum Gasteiger partial charge on any atom is -0.337 e. The van der Waals surface area contributed by atoms with Crippen LogP contribution in [0.15, 0.2) is 34.9 Å². The molecule has 4 aromatic rings. The van der Waals surface area contributed by atoms with Gasteiger partial charge in [0.25, 0.3) is 5.89 Å². The number of hydrogen-bond acceptors (Lipinski definition) is 7. The molecule has 0 aliphatic carbocycles. The minimum atomic E-state index is -0.442. The van der Waals surface area contributed by atoms with Crippen LogP contribution >= 0.6 is 0 Å². The molecule has 0 saturated heterocycles. The zero-order chi connectivity index (χ0) is 20.0. The van der Waals surface area contributed by atoms with Gasteiger partial charge in [0.05, 0.1) is 10.4 Å². The van der Waals surface area contributed by atoms with Crippen molar-refractivity contribution in [2.24, 2.45) is 0 Å². The SMILES string of the molecule is Cc1cc(-c2noc([C@H](C)n3nc(C)c([N+](=O)[O-])c3C)n2)c2ccccc2n1. The fourth-order valence-corrected chi connectivity index (χ4v) is 3.41. The molecule has 142 valence electrons. The van der Waals surface area contributed by atoms with E-state index in [2.05, 4.69) is 20.2 Å². The lowest BCUT2D eigenvalue weighted by Gasteiger charge is -2.08. The highest BCUT2D eigenvalue weighted by atomic mass is 16.6. The van der Waals surface area contributed by atoms with Gasteiger partial charge in [-0.3, -0.25) is 19.8 Å². The summed E-state index contributed by atoms with van der Waals surface area (Å²) in [5, 5.41) is 20.6. The lowest BCUT2D eigenvalue weighted by atomic mass is 10.1. The molecule has 0 fully saturated rings. The second-order valence-corrected chi connectivity index (χ2v) is 6.68. The Hall–Kier alpha value is -3.62. The Morgan fingerprint density at radius 2 is 1.93 bits per heavy atom. The summed E-state index contributed by atoms with van der Waals surface area (Å²) in [6.45, 7) is 7.00. The van der Waals surface area contributed by atoms with Gasteiger partial charge in [-0.1, -0.05) is 23.4 Å². The van der Waals surface area contributed by atoms with Gasteiger partial charge >= 0.3 is 5.69 Å². The molecule has 0 unspecified atom stereocenters. The third-order valence-corrected chi connectivity index (χ3v) is 4.72. The molecule has 0 amide bonds. The third-order valence-electron chi connectivity index (χ3n) is 4.72. The molecule has 9 nitrogen and oxygen atoms in total. The van der Waals surface area contributed by atoms with E-state index in [0.717, 1.165) is 22.2 Å². The lowest BCUT2D eigenvalue weighted by molar-refractivity contribution is -0.386. The van der Waals surface area contributed by atoms with Crippen LogP contribution in [-0.4, -0.2) is 29.8 Å². The molecule has 1 aromatic carbocycles. The molecule has 0 bridgehead atoms. The number of nitrogens with zero attached hydrogens (tertiary/aromatic N) is 6. The van der Waals surface area contributed by atoms with Crippen LogP contribution in [0.2, 0.25) is 0 Å². The Morgan fingerprint density at radius 3 is 2.64 bits per heavy atom. The van der Waals surface area contributed by atoms with Crippen LogP contribution in [0.5, 0.6) is 0 Å². The van der Waals surface area contributed by atoms with Crippen LogP contribution in [0.1, 0.15) is 35.9 Å². The number of nitro groups is 1. The first-order chi connectivity index (χ1) is 13.4. The number of rotatable bonds is 4. The number of pyridine rings is 1. The van der Waals surface area contributed by atoms with E-state index in [-0.39, 0.29) is 5.69 Å². The topological polar surface area (TPSA) is 113 Å². The van der Waals surface area contributed by atoms with Crippen LogP contribution in [0, 0.1) is 30.9 Å². The van der Waals surface area contributed by atoms with Crippen molar-refractivity contribution < 1.29 is 9.45 Å². The summed E-state index contributed by atoms with van der Waals surface area (Å²) in [5.41, 5.74) is 3.32. The van der Waals surface area contributed by atoms with Crippen LogP contribution in [-0.2, 0) is 0 Å². The number of hydrogen-bond donors (Lipinski definition) is 0. The second kappa shape index (κ2) is 6.52. The van der Waals surface area contributed by atoms with Crippen molar-refractivity contribution in [3.63, 3.8) is 0 Å². The first-order valence-corrected chi connectivity index (χ1v) is 8.77. The summed E-state index contributed by atoms with van der Waals surface area (Å²) < 4.78 is 7.02. The molecule has 3 aromatic heterocycles. The number of para-hydroxylation sites is 1. The Bertz CT molecular complexity index is 1210. The molecule has 9 heteroatoms. The molecule has 4 rings (SSSR count). The number of aromatic nitrogens is 5. The Kier molecular flexibility index (Phi) is 4.14. The largest absolute Gasteiger partial charge is 0.337 e. The summed E-state index contributed by atoms with van der Waals surface area (Å²) in [6.07, 6.45) is 0. The van der Waals surface area contributed by atoms with Crippen molar-refractivity contribution in [3.8, 4) is 11.4 Å². The van der Waals surface area contributed by atoms with Crippen molar-refractivity contribution in [1.29, 1.82) is 0 Å². The smallest absolute Gasteiger partial charge is 0.312 e.